The van der Waals surface area contributed by atoms with E-state index in [1.165, 1.54) is 0 Å². The van der Waals surface area contributed by atoms with Crippen molar-refractivity contribution in [2.75, 3.05) is 6.61 Å². The van der Waals surface area contributed by atoms with Crippen molar-refractivity contribution in [1.29, 1.82) is 0 Å². The van der Waals surface area contributed by atoms with Gasteiger partial charge in [-0.25, -0.2) is 0 Å². The third-order valence-electron chi connectivity index (χ3n) is 1.47. The number of hydrogen-bond donors (Lipinski definition) is 0. The summed E-state index contributed by atoms with van der Waals surface area (Å²) in [7, 11) is 0. The Morgan fingerprint density at radius 3 is 2.55 bits per heavy atom. The number of alkyl halides is 1. The number of ether oxygens (including phenoxy) is 1. The molecular formula is C8H13BrO2. The molecule has 0 amide bonds. The summed E-state index contributed by atoms with van der Waals surface area (Å²) in [4.78, 5) is 11.0. The molecule has 11 heavy (non-hydrogen) atoms. The first-order chi connectivity index (χ1) is 4.99. The van der Waals surface area contributed by atoms with E-state index < -0.39 is 0 Å². The largest absolute Gasteiger partial charge is 0.464 e. The summed E-state index contributed by atoms with van der Waals surface area (Å²) in [6, 6.07) is 0. The lowest BCUT2D eigenvalue weighted by Gasteiger charge is -2.15. The van der Waals surface area contributed by atoms with Crippen LogP contribution in [0.2, 0.25) is 0 Å². The second-order valence-electron chi connectivity index (χ2n) is 3.60. The van der Waals surface area contributed by atoms with Crippen molar-refractivity contribution in [3.8, 4) is 0 Å². The van der Waals surface area contributed by atoms with Crippen LogP contribution >= 0.6 is 15.9 Å². The molecule has 0 spiro atoms. The minimum absolute atomic E-state index is 0.0301. The lowest BCUT2D eigenvalue weighted by Crippen LogP contribution is -2.22. The molecule has 0 aromatic carbocycles. The van der Waals surface area contributed by atoms with Crippen molar-refractivity contribution in [2.45, 2.75) is 31.0 Å². The minimum Gasteiger partial charge on any atom is -0.464 e. The Labute approximate surface area is 75.4 Å². The second-order valence-corrected chi connectivity index (χ2v) is 5.75. The standard InChI is InChI=1S/C8H13BrO2/c1-8(2,9)5-11-7(10)6-3-4-6/h6H,3-5H2,1-2H3. The monoisotopic (exact) mass is 220 g/mol. The van der Waals surface area contributed by atoms with Crippen molar-refractivity contribution in [1.82, 2.24) is 0 Å². The Kier molecular flexibility index (Phi) is 2.58. The lowest BCUT2D eigenvalue weighted by atomic mass is 10.2. The highest BCUT2D eigenvalue weighted by Gasteiger charge is 2.32. The lowest BCUT2D eigenvalue weighted by molar-refractivity contribution is -0.145. The molecule has 0 aromatic rings. The van der Waals surface area contributed by atoms with Crippen LogP contribution in [0.3, 0.4) is 0 Å². The zero-order valence-electron chi connectivity index (χ0n) is 6.89. The Bertz CT molecular complexity index is 156. The molecule has 1 fully saturated rings. The maximum atomic E-state index is 11.0. The predicted octanol–water partition coefficient (Wildman–Crippen LogP) is 2.11. The highest BCUT2D eigenvalue weighted by Crippen LogP contribution is 2.30. The third-order valence-corrected chi connectivity index (χ3v) is 1.70. The molecule has 1 saturated carbocycles. The van der Waals surface area contributed by atoms with E-state index in [1.54, 1.807) is 0 Å². The first kappa shape index (κ1) is 9.04. The van der Waals surface area contributed by atoms with E-state index in [9.17, 15) is 4.79 Å². The average Bonchev–Trinajstić information content (AvgIpc) is 2.61. The normalized spacial score (nSPS) is 18.1. The quantitative estimate of drug-likeness (QED) is 0.539. The molecular weight excluding hydrogens is 208 g/mol. The fraction of sp³-hybridized carbons (Fsp3) is 0.875. The van der Waals surface area contributed by atoms with Gasteiger partial charge < -0.3 is 4.74 Å². The van der Waals surface area contributed by atoms with Crippen molar-refractivity contribution in [3.63, 3.8) is 0 Å². The van der Waals surface area contributed by atoms with Crippen molar-refractivity contribution in [3.05, 3.63) is 0 Å². The first-order valence-corrected chi connectivity index (χ1v) is 4.64. The molecule has 0 atom stereocenters. The van der Waals surface area contributed by atoms with E-state index in [2.05, 4.69) is 15.9 Å². The summed E-state index contributed by atoms with van der Waals surface area (Å²) in [5.41, 5.74) is 0. The molecule has 0 aliphatic heterocycles. The van der Waals surface area contributed by atoms with Gasteiger partial charge in [0, 0.05) is 0 Å². The van der Waals surface area contributed by atoms with E-state index in [-0.39, 0.29) is 16.2 Å². The summed E-state index contributed by atoms with van der Waals surface area (Å²) in [5.74, 6) is 0.183. The van der Waals surface area contributed by atoms with Gasteiger partial charge in [0.2, 0.25) is 0 Å². The van der Waals surface area contributed by atoms with Gasteiger partial charge >= 0.3 is 5.97 Å². The number of halogens is 1. The molecule has 1 aliphatic rings. The Morgan fingerprint density at radius 1 is 1.64 bits per heavy atom. The van der Waals surface area contributed by atoms with Crippen LogP contribution in [0.15, 0.2) is 0 Å². The van der Waals surface area contributed by atoms with Gasteiger partial charge in [-0.05, 0) is 26.7 Å². The van der Waals surface area contributed by atoms with E-state index in [1.807, 2.05) is 13.8 Å². The molecule has 0 heterocycles. The number of carbonyl (C=O) groups excluding carboxylic acids is 1. The molecule has 0 aromatic heterocycles. The molecule has 64 valence electrons. The molecule has 0 bridgehead atoms. The van der Waals surface area contributed by atoms with Crippen LogP contribution in [0.1, 0.15) is 26.7 Å². The maximum absolute atomic E-state index is 11.0. The third kappa shape index (κ3) is 3.75. The number of esters is 1. The van der Waals surface area contributed by atoms with Gasteiger partial charge in [-0.2, -0.15) is 0 Å². The second kappa shape index (κ2) is 3.13. The van der Waals surface area contributed by atoms with Crippen molar-refractivity contribution in [2.24, 2.45) is 5.92 Å². The SMILES string of the molecule is CC(C)(Br)COC(=O)C1CC1. The molecule has 1 rings (SSSR count). The molecule has 0 radical (unpaired) electrons. The van der Waals surface area contributed by atoms with Gasteiger partial charge in [-0.3, -0.25) is 4.79 Å². The van der Waals surface area contributed by atoms with Gasteiger partial charge in [0.1, 0.15) is 6.61 Å². The fourth-order valence-electron chi connectivity index (χ4n) is 0.680. The zero-order valence-corrected chi connectivity index (χ0v) is 8.48. The van der Waals surface area contributed by atoms with E-state index in [0.717, 1.165) is 12.8 Å². The fourth-order valence-corrected chi connectivity index (χ4v) is 0.794. The summed E-state index contributed by atoms with van der Waals surface area (Å²) < 4.78 is 4.96. The van der Waals surface area contributed by atoms with E-state index >= 15 is 0 Å². The van der Waals surface area contributed by atoms with Crippen LogP contribution in [0.4, 0.5) is 0 Å². The summed E-state index contributed by atoms with van der Waals surface area (Å²) in [6.45, 7) is 4.42. The van der Waals surface area contributed by atoms with Crippen LogP contribution in [-0.2, 0) is 9.53 Å². The molecule has 3 heteroatoms. The molecule has 0 saturated heterocycles. The van der Waals surface area contributed by atoms with Gasteiger partial charge in [0.25, 0.3) is 0 Å². The number of rotatable bonds is 3. The number of hydrogen-bond acceptors (Lipinski definition) is 2. The number of carbonyl (C=O) groups is 1. The van der Waals surface area contributed by atoms with Crippen molar-refractivity contribution < 1.29 is 9.53 Å². The maximum Gasteiger partial charge on any atom is 0.308 e. The van der Waals surface area contributed by atoms with Gasteiger partial charge in [0.15, 0.2) is 0 Å². The molecule has 2 nitrogen and oxygen atoms in total. The Hall–Kier alpha value is -0.0500. The summed E-state index contributed by atoms with van der Waals surface area (Å²) in [5, 5.41) is 0. The summed E-state index contributed by atoms with van der Waals surface area (Å²) >= 11 is 3.40. The van der Waals surface area contributed by atoms with Crippen LogP contribution in [0, 0.1) is 5.92 Å². The minimum atomic E-state index is -0.0858. The van der Waals surface area contributed by atoms with Gasteiger partial charge in [-0.1, -0.05) is 15.9 Å². The van der Waals surface area contributed by atoms with Crippen LogP contribution in [0.25, 0.3) is 0 Å². The Balaban J connectivity index is 2.16. The van der Waals surface area contributed by atoms with Crippen LogP contribution in [-0.4, -0.2) is 16.9 Å². The highest BCUT2D eigenvalue weighted by atomic mass is 79.9. The zero-order chi connectivity index (χ0) is 8.48. The average molecular weight is 221 g/mol. The molecule has 0 N–H and O–H groups in total. The topological polar surface area (TPSA) is 26.3 Å². The van der Waals surface area contributed by atoms with E-state index in [0.29, 0.717) is 6.61 Å². The highest BCUT2D eigenvalue weighted by molar-refractivity contribution is 9.10. The Morgan fingerprint density at radius 2 is 2.18 bits per heavy atom. The van der Waals surface area contributed by atoms with Crippen LogP contribution < -0.4 is 0 Å². The van der Waals surface area contributed by atoms with Gasteiger partial charge in [0.05, 0.1) is 10.2 Å². The van der Waals surface area contributed by atoms with Crippen LogP contribution in [0.5, 0.6) is 0 Å². The van der Waals surface area contributed by atoms with E-state index in [4.69, 9.17) is 4.74 Å². The predicted molar refractivity (Wildman–Crippen MR) is 46.7 cm³/mol. The first-order valence-electron chi connectivity index (χ1n) is 3.84. The van der Waals surface area contributed by atoms with Crippen molar-refractivity contribution >= 4 is 21.9 Å². The molecule has 0 unspecified atom stereocenters. The summed E-state index contributed by atoms with van der Waals surface area (Å²) in [6.07, 6.45) is 2.03. The molecule has 1 aliphatic carbocycles. The van der Waals surface area contributed by atoms with Gasteiger partial charge in [-0.15, -0.1) is 0 Å². The smallest absolute Gasteiger partial charge is 0.308 e.